The molecule has 7 nitrogen and oxygen atoms in total. The number of aryl methyl sites for hydroxylation is 2. The van der Waals surface area contributed by atoms with E-state index < -0.39 is 10.8 Å². The van der Waals surface area contributed by atoms with Crippen LogP contribution in [0.15, 0.2) is 36.4 Å². The number of rotatable bonds is 6. The first-order valence-corrected chi connectivity index (χ1v) is 9.76. The number of hydrogen-bond acceptors (Lipinski definition) is 4. The number of nitrogens with one attached hydrogen (secondary N) is 1. The van der Waals surface area contributed by atoms with E-state index in [1.165, 1.54) is 6.07 Å². The topological polar surface area (TPSA) is 92.6 Å². The summed E-state index contributed by atoms with van der Waals surface area (Å²) in [5, 5.41) is 13.9. The van der Waals surface area contributed by atoms with Crippen LogP contribution in [-0.2, 0) is 11.2 Å². The lowest BCUT2D eigenvalue weighted by Gasteiger charge is -2.30. The van der Waals surface area contributed by atoms with Crippen LogP contribution in [0.1, 0.15) is 48.2 Å². The molecule has 1 aliphatic rings. The predicted octanol–water partition coefficient (Wildman–Crippen LogP) is 4.48. The number of nitro benzene ring substituents is 1. The average Bonchev–Trinajstić information content (AvgIpc) is 2.67. The summed E-state index contributed by atoms with van der Waals surface area (Å²) in [7, 11) is 0. The van der Waals surface area contributed by atoms with Crippen LogP contribution < -0.4 is 10.2 Å². The molecular formula is C22H25N3O4. The molecule has 29 heavy (non-hydrogen) atoms. The lowest BCUT2D eigenvalue weighted by atomic mass is 9.99. The van der Waals surface area contributed by atoms with Crippen molar-refractivity contribution in [3.63, 3.8) is 0 Å². The largest absolute Gasteiger partial charge is 0.322 e. The Morgan fingerprint density at radius 1 is 1.21 bits per heavy atom. The van der Waals surface area contributed by atoms with E-state index >= 15 is 0 Å². The molecule has 1 N–H and O–H groups in total. The van der Waals surface area contributed by atoms with Crippen molar-refractivity contribution in [3.05, 3.63) is 63.2 Å². The van der Waals surface area contributed by atoms with Gasteiger partial charge in [-0.3, -0.25) is 19.7 Å². The zero-order valence-electron chi connectivity index (χ0n) is 16.9. The van der Waals surface area contributed by atoms with Gasteiger partial charge in [-0.25, -0.2) is 0 Å². The van der Waals surface area contributed by atoms with Crippen molar-refractivity contribution in [2.24, 2.45) is 5.92 Å². The lowest BCUT2D eigenvalue weighted by molar-refractivity contribution is -0.385. The highest BCUT2D eigenvalue weighted by molar-refractivity contribution is 6.05. The third-order valence-corrected chi connectivity index (χ3v) is 5.14. The molecule has 0 atom stereocenters. The molecule has 3 rings (SSSR count). The third kappa shape index (κ3) is 4.62. The molecule has 7 heteroatoms. The first kappa shape index (κ1) is 20.5. The van der Waals surface area contributed by atoms with Gasteiger partial charge in [-0.15, -0.1) is 0 Å². The van der Waals surface area contributed by atoms with Crippen molar-refractivity contribution in [2.75, 3.05) is 16.8 Å². The number of benzene rings is 2. The summed E-state index contributed by atoms with van der Waals surface area (Å²) in [6.45, 7) is 6.57. The first-order chi connectivity index (χ1) is 13.8. The Balaban J connectivity index is 1.80. The second-order valence-corrected chi connectivity index (χ2v) is 7.78. The van der Waals surface area contributed by atoms with Gasteiger partial charge in [-0.05, 0) is 55.5 Å². The SMILES string of the molecule is Cc1ccc(C(=O)Nc2ccc3c(c2)CCC(=O)N3CCC(C)C)cc1[N+](=O)[O-]. The van der Waals surface area contributed by atoms with Crippen LogP contribution in [0.3, 0.4) is 0 Å². The molecule has 2 aromatic rings. The molecule has 0 aliphatic carbocycles. The average molecular weight is 395 g/mol. The van der Waals surface area contributed by atoms with Gasteiger partial charge in [0.1, 0.15) is 0 Å². The van der Waals surface area contributed by atoms with Crippen molar-refractivity contribution in [1.82, 2.24) is 0 Å². The summed E-state index contributed by atoms with van der Waals surface area (Å²) >= 11 is 0. The number of nitro groups is 1. The molecule has 0 saturated heterocycles. The number of amides is 2. The molecule has 0 aromatic heterocycles. The number of fused-ring (bicyclic) bond motifs is 1. The smallest absolute Gasteiger partial charge is 0.273 e. The number of anilines is 2. The monoisotopic (exact) mass is 395 g/mol. The van der Waals surface area contributed by atoms with Gasteiger partial charge in [0.15, 0.2) is 0 Å². The van der Waals surface area contributed by atoms with Crippen molar-refractivity contribution in [1.29, 1.82) is 0 Å². The van der Waals surface area contributed by atoms with E-state index in [-0.39, 0.29) is 17.2 Å². The lowest BCUT2D eigenvalue weighted by Crippen LogP contribution is -2.36. The summed E-state index contributed by atoms with van der Waals surface area (Å²) in [4.78, 5) is 37.3. The summed E-state index contributed by atoms with van der Waals surface area (Å²) in [5.74, 6) is 0.226. The highest BCUT2D eigenvalue weighted by Crippen LogP contribution is 2.31. The van der Waals surface area contributed by atoms with Crippen LogP contribution in [-0.4, -0.2) is 23.3 Å². The molecular weight excluding hydrogens is 370 g/mol. The van der Waals surface area contributed by atoms with Crippen molar-refractivity contribution in [2.45, 2.75) is 40.0 Å². The van der Waals surface area contributed by atoms with E-state index in [0.717, 1.165) is 17.7 Å². The van der Waals surface area contributed by atoms with Gasteiger partial charge in [0.05, 0.1) is 4.92 Å². The molecule has 1 aliphatic heterocycles. The Morgan fingerprint density at radius 2 is 1.97 bits per heavy atom. The Hall–Kier alpha value is -3.22. The zero-order valence-corrected chi connectivity index (χ0v) is 16.9. The normalized spacial score (nSPS) is 13.4. The van der Waals surface area contributed by atoms with Gasteiger partial charge in [-0.2, -0.15) is 0 Å². The van der Waals surface area contributed by atoms with Crippen LogP contribution in [0, 0.1) is 23.0 Å². The molecule has 0 saturated carbocycles. The Labute approximate surface area is 169 Å². The van der Waals surface area contributed by atoms with Crippen LogP contribution in [0.5, 0.6) is 0 Å². The quantitative estimate of drug-likeness (QED) is 0.576. The van der Waals surface area contributed by atoms with Crippen molar-refractivity contribution in [3.8, 4) is 0 Å². The maximum absolute atomic E-state index is 12.6. The maximum atomic E-state index is 12.6. The first-order valence-electron chi connectivity index (χ1n) is 9.76. The van der Waals surface area contributed by atoms with E-state index in [9.17, 15) is 19.7 Å². The van der Waals surface area contributed by atoms with E-state index in [0.29, 0.717) is 36.6 Å². The highest BCUT2D eigenvalue weighted by atomic mass is 16.6. The van der Waals surface area contributed by atoms with Crippen molar-refractivity contribution < 1.29 is 14.5 Å². The Kier molecular flexibility index (Phi) is 5.96. The Morgan fingerprint density at radius 3 is 2.66 bits per heavy atom. The zero-order chi connectivity index (χ0) is 21.1. The van der Waals surface area contributed by atoms with E-state index in [1.54, 1.807) is 25.1 Å². The van der Waals surface area contributed by atoms with Crippen LogP contribution >= 0.6 is 0 Å². The molecule has 0 fully saturated rings. The minimum atomic E-state index is -0.492. The second-order valence-electron chi connectivity index (χ2n) is 7.78. The van der Waals surface area contributed by atoms with Gasteiger partial charge >= 0.3 is 0 Å². The summed E-state index contributed by atoms with van der Waals surface area (Å²) in [5.41, 5.74) is 3.17. The fourth-order valence-corrected chi connectivity index (χ4v) is 3.42. The van der Waals surface area contributed by atoms with Gasteiger partial charge in [0.2, 0.25) is 5.91 Å². The Bertz CT molecular complexity index is 969. The second kappa shape index (κ2) is 8.43. The summed E-state index contributed by atoms with van der Waals surface area (Å²) in [6.07, 6.45) is 2.01. The predicted molar refractivity (Wildman–Crippen MR) is 112 cm³/mol. The number of nitrogens with zero attached hydrogens (tertiary/aromatic N) is 2. The molecule has 0 radical (unpaired) electrons. The number of carbonyl (C=O) groups excluding carboxylic acids is 2. The van der Waals surface area contributed by atoms with Gasteiger partial charge in [0, 0.05) is 41.5 Å². The maximum Gasteiger partial charge on any atom is 0.273 e. The number of carbonyl (C=O) groups is 2. The van der Waals surface area contributed by atoms with Crippen LogP contribution in [0.4, 0.5) is 17.1 Å². The molecule has 1 heterocycles. The minimum absolute atomic E-state index is 0.0811. The summed E-state index contributed by atoms with van der Waals surface area (Å²) < 4.78 is 0. The molecule has 152 valence electrons. The van der Waals surface area contributed by atoms with Crippen LogP contribution in [0.2, 0.25) is 0 Å². The van der Waals surface area contributed by atoms with E-state index in [2.05, 4.69) is 19.2 Å². The van der Waals surface area contributed by atoms with Gasteiger partial charge in [-0.1, -0.05) is 19.9 Å². The fourth-order valence-electron chi connectivity index (χ4n) is 3.42. The van der Waals surface area contributed by atoms with E-state index in [4.69, 9.17) is 0 Å². The summed E-state index contributed by atoms with van der Waals surface area (Å²) in [6, 6.07) is 9.93. The van der Waals surface area contributed by atoms with Crippen LogP contribution in [0.25, 0.3) is 0 Å². The fraction of sp³-hybridized carbons (Fsp3) is 0.364. The van der Waals surface area contributed by atoms with Gasteiger partial charge in [0.25, 0.3) is 11.6 Å². The molecule has 0 bridgehead atoms. The molecule has 0 unspecified atom stereocenters. The molecule has 2 aromatic carbocycles. The van der Waals surface area contributed by atoms with Crippen molar-refractivity contribution >= 4 is 28.9 Å². The minimum Gasteiger partial charge on any atom is -0.322 e. The molecule has 2 amide bonds. The standard InChI is InChI=1S/C22H25N3O4/c1-14(2)10-11-24-19-8-7-18(12-16(19)6-9-21(24)26)23-22(27)17-5-4-15(3)20(13-17)25(28)29/h4-5,7-8,12-14H,6,9-11H2,1-3H3,(H,23,27). The number of hydrogen-bond donors (Lipinski definition) is 1. The van der Waals surface area contributed by atoms with E-state index in [1.807, 2.05) is 17.0 Å². The molecule has 0 spiro atoms. The highest BCUT2D eigenvalue weighted by Gasteiger charge is 2.24. The van der Waals surface area contributed by atoms with Gasteiger partial charge < -0.3 is 10.2 Å². The third-order valence-electron chi connectivity index (χ3n) is 5.14.